The molecule has 0 aliphatic carbocycles. The Hall–Kier alpha value is -2.37. The fourth-order valence-corrected chi connectivity index (χ4v) is 2.34. The molecule has 0 bridgehead atoms. The Labute approximate surface area is 143 Å². The Bertz CT molecular complexity index is 587. The molecule has 24 heavy (non-hydrogen) atoms. The standard InChI is InChI=1S/C18H27N3O3/c1-5-6-11-20(4)18(24)10-12-21(15(3)23)17-9-7-8-16(13-17)19-14(2)22/h7-9,13H,5-6,10-12H2,1-4H3,(H,19,22). The summed E-state index contributed by atoms with van der Waals surface area (Å²) < 4.78 is 0. The van der Waals surface area contributed by atoms with Gasteiger partial charge >= 0.3 is 0 Å². The van der Waals surface area contributed by atoms with E-state index in [0.29, 0.717) is 17.9 Å². The molecule has 0 saturated heterocycles. The van der Waals surface area contributed by atoms with Crippen molar-refractivity contribution < 1.29 is 14.4 Å². The van der Waals surface area contributed by atoms with Crippen LogP contribution in [0.25, 0.3) is 0 Å². The number of carbonyl (C=O) groups is 3. The summed E-state index contributed by atoms with van der Waals surface area (Å²) in [6, 6.07) is 7.05. The first-order valence-corrected chi connectivity index (χ1v) is 8.24. The minimum Gasteiger partial charge on any atom is -0.346 e. The number of carbonyl (C=O) groups excluding carboxylic acids is 3. The van der Waals surface area contributed by atoms with Crippen LogP contribution in [0.4, 0.5) is 11.4 Å². The normalized spacial score (nSPS) is 10.2. The zero-order chi connectivity index (χ0) is 18.1. The third-order valence-electron chi connectivity index (χ3n) is 3.68. The van der Waals surface area contributed by atoms with E-state index in [2.05, 4.69) is 12.2 Å². The van der Waals surface area contributed by atoms with E-state index in [-0.39, 0.29) is 24.1 Å². The number of nitrogens with zero attached hydrogens (tertiary/aromatic N) is 2. The SMILES string of the molecule is CCCCN(C)C(=O)CCN(C(C)=O)c1cccc(NC(C)=O)c1. The zero-order valence-corrected chi connectivity index (χ0v) is 15.0. The van der Waals surface area contributed by atoms with Crippen molar-refractivity contribution in [1.82, 2.24) is 4.90 Å². The van der Waals surface area contributed by atoms with Gasteiger partial charge in [0.2, 0.25) is 17.7 Å². The van der Waals surface area contributed by atoms with E-state index >= 15 is 0 Å². The molecule has 0 spiro atoms. The number of unbranched alkanes of at least 4 members (excludes halogenated alkanes) is 1. The smallest absolute Gasteiger partial charge is 0.224 e. The van der Waals surface area contributed by atoms with Gasteiger partial charge in [0.25, 0.3) is 0 Å². The van der Waals surface area contributed by atoms with Crippen molar-refractivity contribution in [3.05, 3.63) is 24.3 Å². The number of hydrogen-bond acceptors (Lipinski definition) is 3. The number of benzene rings is 1. The monoisotopic (exact) mass is 333 g/mol. The fraction of sp³-hybridized carbons (Fsp3) is 0.500. The van der Waals surface area contributed by atoms with Crippen LogP contribution in [-0.2, 0) is 14.4 Å². The van der Waals surface area contributed by atoms with Crippen molar-refractivity contribution in [3.63, 3.8) is 0 Å². The number of amides is 3. The number of nitrogens with one attached hydrogen (secondary N) is 1. The van der Waals surface area contributed by atoms with Gasteiger partial charge < -0.3 is 15.1 Å². The molecule has 132 valence electrons. The highest BCUT2D eigenvalue weighted by Crippen LogP contribution is 2.20. The van der Waals surface area contributed by atoms with Crippen LogP contribution >= 0.6 is 0 Å². The predicted molar refractivity (Wildman–Crippen MR) is 95.9 cm³/mol. The molecule has 0 heterocycles. The topological polar surface area (TPSA) is 69.7 Å². The van der Waals surface area contributed by atoms with E-state index in [1.54, 1.807) is 41.1 Å². The van der Waals surface area contributed by atoms with Gasteiger partial charge in [-0.15, -0.1) is 0 Å². The van der Waals surface area contributed by atoms with Crippen LogP contribution < -0.4 is 10.2 Å². The van der Waals surface area contributed by atoms with Crippen molar-refractivity contribution >= 4 is 29.1 Å². The molecule has 0 radical (unpaired) electrons. The van der Waals surface area contributed by atoms with E-state index < -0.39 is 0 Å². The largest absolute Gasteiger partial charge is 0.346 e. The third kappa shape index (κ3) is 6.40. The molecule has 0 aliphatic rings. The number of hydrogen-bond donors (Lipinski definition) is 1. The minimum absolute atomic E-state index is 0.0210. The molecule has 6 nitrogen and oxygen atoms in total. The molecule has 6 heteroatoms. The van der Waals surface area contributed by atoms with E-state index in [4.69, 9.17) is 0 Å². The summed E-state index contributed by atoms with van der Waals surface area (Å²) in [5.41, 5.74) is 1.29. The second-order valence-electron chi connectivity index (χ2n) is 5.82. The van der Waals surface area contributed by atoms with Crippen LogP contribution in [0, 0.1) is 0 Å². The molecule has 1 rings (SSSR count). The van der Waals surface area contributed by atoms with Crippen molar-refractivity contribution in [2.75, 3.05) is 30.4 Å². The molecule has 3 amide bonds. The van der Waals surface area contributed by atoms with Gasteiger partial charge in [0.1, 0.15) is 0 Å². The molecule has 1 aromatic rings. The Morgan fingerprint density at radius 2 is 1.83 bits per heavy atom. The summed E-state index contributed by atoms with van der Waals surface area (Å²) in [5.74, 6) is -0.291. The number of rotatable bonds is 8. The van der Waals surface area contributed by atoms with Crippen LogP contribution in [0.2, 0.25) is 0 Å². The summed E-state index contributed by atoms with van der Waals surface area (Å²) in [6.07, 6.45) is 2.27. The molecule has 0 aromatic heterocycles. The highest BCUT2D eigenvalue weighted by Gasteiger charge is 2.16. The van der Waals surface area contributed by atoms with Gasteiger partial charge in [-0.3, -0.25) is 14.4 Å². The second kappa shape index (κ2) is 9.70. The lowest BCUT2D eigenvalue weighted by Gasteiger charge is -2.23. The van der Waals surface area contributed by atoms with Gasteiger partial charge in [0.15, 0.2) is 0 Å². The molecular weight excluding hydrogens is 306 g/mol. The molecule has 1 N–H and O–H groups in total. The first-order chi connectivity index (χ1) is 11.3. The Morgan fingerprint density at radius 3 is 2.42 bits per heavy atom. The molecular formula is C18H27N3O3. The van der Waals surface area contributed by atoms with Crippen molar-refractivity contribution in [2.45, 2.75) is 40.0 Å². The molecule has 0 unspecified atom stereocenters. The maximum absolute atomic E-state index is 12.2. The summed E-state index contributed by atoms with van der Waals surface area (Å²) >= 11 is 0. The molecule has 1 aromatic carbocycles. The lowest BCUT2D eigenvalue weighted by atomic mass is 10.2. The first-order valence-electron chi connectivity index (χ1n) is 8.24. The van der Waals surface area contributed by atoms with Crippen LogP contribution in [0.1, 0.15) is 40.0 Å². The van der Waals surface area contributed by atoms with Gasteiger partial charge in [0, 0.05) is 51.8 Å². The van der Waals surface area contributed by atoms with Crippen molar-refractivity contribution in [2.24, 2.45) is 0 Å². The van der Waals surface area contributed by atoms with E-state index in [1.165, 1.54) is 13.8 Å². The van der Waals surface area contributed by atoms with Crippen LogP contribution in [-0.4, -0.2) is 42.8 Å². The van der Waals surface area contributed by atoms with Gasteiger partial charge in [-0.1, -0.05) is 19.4 Å². The third-order valence-corrected chi connectivity index (χ3v) is 3.68. The molecule has 0 saturated carbocycles. The second-order valence-corrected chi connectivity index (χ2v) is 5.82. The maximum atomic E-state index is 12.2. The van der Waals surface area contributed by atoms with E-state index in [1.807, 2.05) is 0 Å². The minimum atomic E-state index is -0.172. The van der Waals surface area contributed by atoms with E-state index in [0.717, 1.165) is 19.4 Å². The summed E-state index contributed by atoms with van der Waals surface area (Å²) in [7, 11) is 1.79. The summed E-state index contributed by atoms with van der Waals surface area (Å²) in [4.78, 5) is 38.5. The predicted octanol–water partition coefficient (Wildman–Crippen LogP) is 2.65. The van der Waals surface area contributed by atoms with Gasteiger partial charge in [0.05, 0.1) is 0 Å². The highest BCUT2D eigenvalue weighted by atomic mass is 16.2. The Morgan fingerprint density at radius 1 is 1.12 bits per heavy atom. The lowest BCUT2D eigenvalue weighted by Crippen LogP contribution is -2.35. The van der Waals surface area contributed by atoms with Gasteiger partial charge in [-0.2, -0.15) is 0 Å². The quantitative estimate of drug-likeness (QED) is 0.795. The number of anilines is 2. The Balaban J connectivity index is 2.76. The van der Waals surface area contributed by atoms with Crippen LogP contribution in [0.5, 0.6) is 0 Å². The van der Waals surface area contributed by atoms with E-state index in [9.17, 15) is 14.4 Å². The van der Waals surface area contributed by atoms with Crippen LogP contribution in [0.3, 0.4) is 0 Å². The van der Waals surface area contributed by atoms with Gasteiger partial charge in [-0.25, -0.2) is 0 Å². The average molecular weight is 333 g/mol. The summed E-state index contributed by atoms with van der Waals surface area (Å²) in [6.45, 7) is 6.02. The maximum Gasteiger partial charge on any atom is 0.224 e. The molecule has 0 fully saturated rings. The molecule has 0 aliphatic heterocycles. The molecule has 0 atom stereocenters. The lowest BCUT2D eigenvalue weighted by molar-refractivity contribution is -0.129. The van der Waals surface area contributed by atoms with Crippen molar-refractivity contribution in [1.29, 1.82) is 0 Å². The Kier molecular flexibility index (Phi) is 7.95. The zero-order valence-electron chi connectivity index (χ0n) is 15.0. The highest BCUT2D eigenvalue weighted by molar-refractivity contribution is 5.94. The first kappa shape index (κ1) is 19.7. The average Bonchev–Trinajstić information content (AvgIpc) is 2.52. The summed E-state index contributed by atoms with van der Waals surface area (Å²) in [5, 5.41) is 2.69. The fourth-order valence-electron chi connectivity index (χ4n) is 2.34. The van der Waals surface area contributed by atoms with Crippen LogP contribution in [0.15, 0.2) is 24.3 Å². The van der Waals surface area contributed by atoms with Crippen molar-refractivity contribution in [3.8, 4) is 0 Å². The van der Waals surface area contributed by atoms with Gasteiger partial charge in [-0.05, 0) is 24.6 Å².